The molecular formula is C6H9NO2. The van der Waals surface area contributed by atoms with Gasteiger partial charge in [0, 0.05) is 6.54 Å². The van der Waals surface area contributed by atoms with E-state index in [9.17, 15) is 4.79 Å². The van der Waals surface area contributed by atoms with E-state index in [4.69, 9.17) is 5.11 Å². The van der Waals surface area contributed by atoms with E-state index in [1.54, 1.807) is 5.94 Å². The largest absolute Gasteiger partial charge is 0.386 e. The number of nitrogens with one attached hydrogen (secondary N) is 1. The van der Waals surface area contributed by atoms with E-state index in [1.165, 1.54) is 0 Å². The molecule has 1 rings (SSSR count). The van der Waals surface area contributed by atoms with Crippen molar-refractivity contribution in [3.05, 3.63) is 5.70 Å². The fourth-order valence-corrected chi connectivity index (χ4v) is 0.885. The van der Waals surface area contributed by atoms with Gasteiger partial charge in [0.25, 0.3) is 0 Å². The van der Waals surface area contributed by atoms with Crippen LogP contribution in [0.25, 0.3) is 0 Å². The van der Waals surface area contributed by atoms with Gasteiger partial charge in [0.15, 0.2) is 0 Å². The topological polar surface area (TPSA) is 49.3 Å². The van der Waals surface area contributed by atoms with Gasteiger partial charge in [-0.3, -0.25) is 0 Å². The average molecular weight is 127 g/mol. The number of piperidine rings is 1. The zero-order valence-electron chi connectivity index (χ0n) is 5.05. The molecule has 1 unspecified atom stereocenters. The fraction of sp³-hybridized carbons (Fsp3) is 0.667. The highest BCUT2D eigenvalue weighted by Crippen LogP contribution is 2.07. The highest BCUT2D eigenvalue weighted by Gasteiger charge is 2.15. The van der Waals surface area contributed by atoms with Gasteiger partial charge in [-0.05, 0) is 12.8 Å². The molecule has 2 N–H and O–H groups in total. The molecule has 1 aliphatic heterocycles. The third-order valence-corrected chi connectivity index (χ3v) is 1.41. The molecule has 9 heavy (non-hydrogen) atoms. The van der Waals surface area contributed by atoms with Crippen LogP contribution in [0, 0.1) is 0 Å². The van der Waals surface area contributed by atoms with Gasteiger partial charge in [-0.15, -0.1) is 0 Å². The molecule has 0 aromatic heterocycles. The van der Waals surface area contributed by atoms with Crippen molar-refractivity contribution >= 4 is 5.94 Å². The van der Waals surface area contributed by atoms with Gasteiger partial charge in [-0.25, -0.2) is 4.79 Å². The van der Waals surface area contributed by atoms with Crippen LogP contribution in [0.4, 0.5) is 0 Å². The van der Waals surface area contributed by atoms with Crippen LogP contribution in [-0.4, -0.2) is 23.7 Å². The predicted octanol–water partition coefficient (Wildman–Crippen LogP) is -0.554. The molecule has 1 saturated heterocycles. The second kappa shape index (κ2) is 2.67. The summed E-state index contributed by atoms with van der Waals surface area (Å²) in [6.07, 6.45) is 1.00. The Bertz CT molecular complexity index is 149. The fourth-order valence-electron chi connectivity index (χ4n) is 0.885. The Hall–Kier alpha value is -0.790. The van der Waals surface area contributed by atoms with Crippen LogP contribution < -0.4 is 5.32 Å². The number of rotatable bonds is 0. The van der Waals surface area contributed by atoms with Gasteiger partial charge in [-0.1, -0.05) is 0 Å². The van der Waals surface area contributed by atoms with Gasteiger partial charge in [0.05, 0.1) is 0 Å². The zero-order chi connectivity index (χ0) is 6.69. The zero-order valence-corrected chi connectivity index (χ0v) is 5.05. The Labute approximate surface area is 53.4 Å². The Morgan fingerprint density at radius 2 is 2.56 bits per heavy atom. The summed E-state index contributed by atoms with van der Waals surface area (Å²) >= 11 is 0. The number of hydrogen-bond acceptors (Lipinski definition) is 3. The first-order chi connectivity index (χ1) is 4.34. The van der Waals surface area contributed by atoms with E-state index in [1.807, 2.05) is 0 Å². The molecular weight excluding hydrogens is 118 g/mol. The number of carbonyl (C=O) groups excluding carboxylic acids is 1. The maximum atomic E-state index is 9.99. The molecule has 50 valence electrons. The molecule has 1 atom stereocenters. The summed E-state index contributed by atoms with van der Waals surface area (Å²) in [6.45, 7) is 0.779. The second-order valence-corrected chi connectivity index (χ2v) is 2.10. The molecule has 1 aliphatic rings. The molecule has 1 heterocycles. The average Bonchev–Trinajstić information content (AvgIpc) is 1.89. The molecule has 1 fully saturated rings. The monoisotopic (exact) mass is 127 g/mol. The molecule has 0 radical (unpaired) electrons. The summed E-state index contributed by atoms with van der Waals surface area (Å²) in [5.41, 5.74) is 0.307. The van der Waals surface area contributed by atoms with Crippen molar-refractivity contribution in [1.82, 2.24) is 5.32 Å². The SMILES string of the molecule is O=C=C1NCCCC1O. The standard InChI is InChI=1S/C6H9NO2/c8-4-5-6(9)2-1-3-7-5/h6-7,9H,1-3H2. The van der Waals surface area contributed by atoms with Crippen LogP contribution in [0.3, 0.4) is 0 Å². The van der Waals surface area contributed by atoms with Crippen LogP contribution in [0.5, 0.6) is 0 Å². The number of hydrogen-bond donors (Lipinski definition) is 2. The molecule has 0 bridgehead atoms. The smallest absolute Gasteiger partial charge is 0.148 e. The number of aliphatic hydroxyl groups excluding tert-OH is 1. The Balaban J connectivity index is 2.59. The van der Waals surface area contributed by atoms with Crippen molar-refractivity contribution in [2.24, 2.45) is 0 Å². The van der Waals surface area contributed by atoms with Crippen LogP contribution >= 0.6 is 0 Å². The highest BCUT2D eigenvalue weighted by atomic mass is 16.3. The quantitative estimate of drug-likeness (QED) is 0.429. The van der Waals surface area contributed by atoms with E-state index >= 15 is 0 Å². The minimum atomic E-state index is -0.601. The minimum absolute atomic E-state index is 0.307. The Morgan fingerprint density at radius 3 is 3.00 bits per heavy atom. The third-order valence-electron chi connectivity index (χ3n) is 1.41. The van der Waals surface area contributed by atoms with Gasteiger partial charge < -0.3 is 10.4 Å². The van der Waals surface area contributed by atoms with Crippen molar-refractivity contribution in [2.45, 2.75) is 18.9 Å². The lowest BCUT2D eigenvalue weighted by Gasteiger charge is -2.18. The van der Waals surface area contributed by atoms with Crippen molar-refractivity contribution in [3.63, 3.8) is 0 Å². The summed E-state index contributed by atoms with van der Waals surface area (Å²) in [5.74, 6) is 1.66. The molecule has 3 heteroatoms. The second-order valence-electron chi connectivity index (χ2n) is 2.10. The first-order valence-electron chi connectivity index (χ1n) is 3.01. The summed E-state index contributed by atoms with van der Waals surface area (Å²) in [7, 11) is 0. The van der Waals surface area contributed by atoms with E-state index in [0.29, 0.717) is 12.1 Å². The van der Waals surface area contributed by atoms with E-state index in [-0.39, 0.29) is 0 Å². The van der Waals surface area contributed by atoms with Crippen LogP contribution in [0.2, 0.25) is 0 Å². The lowest BCUT2D eigenvalue weighted by Crippen LogP contribution is -2.31. The summed E-state index contributed by atoms with van der Waals surface area (Å²) in [6, 6.07) is 0. The van der Waals surface area contributed by atoms with Crippen molar-refractivity contribution in [3.8, 4) is 0 Å². The maximum absolute atomic E-state index is 9.99. The van der Waals surface area contributed by atoms with Crippen molar-refractivity contribution < 1.29 is 9.90 Å². The predicted molar refractivity (Wildman–Crippen MR) is 32.4 cm³/mol. The van der Waals surface area contributed by atoms with E-state index < -0.39 is 6.10 Å². The van der Waals surface area contributed by atoms with Gasteiger partial charge in [-0.2, -0.15) is 0 Å². The maximum Gasteiger partial charge on any atom is 0.148 e. The van der Waals surface area contributed by atoms with Crippen LogP contribution in [0.1, 0.15) is 12.8 Å². The lowest BCUT2D eigenvalue weighted by atomic mass is 10.1. The van der Waals surface area contributed by atoms with Crippen LogP contribution in [-0.2, 0) is 4.79 Å². The Morgan fingerprint density at radius 1 is 1.78 bits per heavy atom. The van der Waals surface area contributed by atoms with Crippen molar-refractivity contribution in [1.29, 1.82) is 0 Å². The molecule has 0 aromatic carbocycles. The third kappa shape index (κ3) is 1.31. The summed E-state index contributed by atoms with van der Waals surface area (Å²) < 4.78 is 0. The molecule has 0 amide bonds. The molecule has 0 saturated carbocycles. The molecule has 0 aliphatic carbocycles. The number of aliphatic hydroxyl groups is 1. The molecule has 3 nitrogen and oxygen atoms in total. The Kier molecular flexibility index (Phi) is 1.88. The van der Waals surface area contributed by atoms with E-state index in [2.05, 4.69) is 5.32 Å². The van der Waals surface area contributed by atoms with Crippen molar-refractivity contribution in [2.75, 3.05) is 6.54 Å². The molecule has 0 spiro atoms. The van der Waals surface area contributed by atoms with Gasteiger partial charge in [0.1, 0.15) is 17.7 Å². The molecule has 0 aromatic rings. The van der Waals surface area contributed by atoms with Crippen LogP contribution in [0.15, 0.2) is 5.70 Å². The summed E-state index contributed by atoms with van der Waals surface area (Å²) in [4.78, 5) is 9.99. The van der Waals surface area contributed by atoms with E-state index in [0.717, 1.165) is 13.0 Å². The summed E-state index contributed by atoms with van der Waals surface area (Å²) in [5, 5.41) is 11.8. The minimum Gasteiger partial charge on any atom is -0.386 e. The van der Waals surface area contributed by atoms with Gasteiger partial charge >= 0.3 is 0 Å². The lowest BCUT2D eigenvalue weighted by molar-refractivity contribution is 0.176. The normalized spacial score (nSPS) is 26.8. The highest BCUT2D eigenvalue weighted by molar-refractivity contribution is 5.53. The van der Waals surface area contributed by atoms with Gasteiger partial charge in [0.2, 0.25) is 0 Å². The first-order valence-corrected chi connectivity index (χ1v) is 3.01. The first kappa shape index (κ1) is 6.33.